The molecule has 212 valence electrons. The highest BCUT2D eigenvalue weighted by molar-refractivity contribution is 7.92. The summed E-state index contributed by atoms with van der Waals surface area (Å²) in [4.78, 5) is 13.9. The third-order valence-electron chi connectivity index (χ3n) is 6.48. The van der Waals surface area contributed by atoms with Crippen LogP contribution in [0.2, 0.25) is 0 Å². The third-order valence-corrected chi connectivity index (χ3v) is 8.22. The van der Waals surface area contributed by atoms with Crippen LogP contribution in [-0.4, -0.2) is 51.8 Å². The molecule has 1 saturated heterocycles. The molecule has 0 radical (unpaired) electrons. The second-order valence-corrected chi connectivity index (χ2v) is 11.0. The molecule has 5 rings (SSSR count). The first kappa shape index (κ1) is 27.8. The van der Waals surface area contributed by atoms with Crippen LogP contribution in [0.25, 0.3) is 11.1 Å². The molecule has 2 heterocycles. The van der Waals surface area contributed by atoms with Crippen molar-refractivity contribution in [1.82, 2.24) is 4.90 Å². The molecule has 0 bridgehead atoms. The van der Waals surface area contributed by atoms with E-state index >= 15 is 0 Å². The van der Waals surface area contributed by atoms with Crippen LogP contribution < -0.4 is 9.04 Å². The minimum atomic E-state index is -4.81. The van der Waals surface area contributed by atoms with Crippen LogP contribution >= 0.6 is 0 Å². The van der Waals surface area contributed by atoms with E-state index in [0.717, 1.165) is 40.7 Å². The standard InChI is InChI=1S/C26H20F6N2O5S/c27-18-8-16(9-20(12-18)39-25(28)29)15-4-5-22-23(10-15)34(14-33(24(22)35)13-19-6-7-38-19)40(36,37)21-3-1-2-17(11-21)26(30,31)32/h1-5,8-12,19,25H,6-7,13-14H2. The molecule has 3 aromatic carbocycles. The number of hydrogen-bond donors (Lipinski definition) is 0. The van der Waals surface area contributed by atoms with Crippen molar-refractivity contribution >= 4 is 21.6 Å². The highest BCUT2D eigenvalue weighted by Crippen LogP contribution is 2.38. The Labute approximate surface area is 224 Å². The summed E-state index contributed by atoms with van der Waals surface area (Å²) in [6.45, 7) is -3.23. The van der Waals surface area contributed by atoms with Crippen molar-refractivity contribution < 1.29 is 49.0 Å². The summed E-state index contributed by atoms with van der Waals surface area (Å²) in [7, 11) is -4.67. The molecule has 40 heavy (non-hydrogen) atoms. The number of ether oxygens (including phenoxy) is 2. The topological polar surface area (TPSA) is 76.2 Å². The molecule has 7 nitrogen and oxygen atoms in total. The average Bonchev–Trinajstić information content (AvgIpc) is 2.85. The van der Waals surface area contributed by atoms with Crippen molar-refractivity contribution in [2.75, 3.05) is 24.1 Å². The molecular weight excluding hydrogens is 566 g/mol. The fourth-order valence-electron chi connectivity index (χ4n) is 4.45. The second kappa shape index (κ2) is 10.3. The van der Waals surface area contributed by atoms with E-state index in [1.807, 2.05) is 0 Å². The minimum Gasteiger partial charge on any atom is -0.435 e. The Morgan fingerprint density at radius 3 is 2.42 bits per heavy atom. The van der Waals surface area contributed by atoms with Crippen LogP contribution in [0.15, 0.2) is 65.6 Å². The van der Waals surface area contributed by atoms with Crippen LogP contribution in [0, 0.1) is 5.82 Å². The van der Waals surface area contributed by atoms with Gasteiger partial charge in [-0.15, -0.1) is 0 Å². The molecule has 0 aromatic heterocycles. The zero-order chi connectivity index (χ0) is 28.8. The molecule has 2 aliphatic heterocycles. The largest absolute Gasteiger partial charge is 0.435 e. The molecule has 0 N–H and O–H groups in total. The Bertz CT molecular complexity index is 1560. The van der Waals surface area contributed by atoms with E-state index in [-0.39, 0.29) is 35.0 Å². The van der Waals surface area contributed by atoms with Gasteiger partial charge >= 0.3 is 12.8 Å². The van der Waals surface area contributed by atoms with E-state index in [0.29, 0.717) is 19.1 Å². The number of anilines is 1. The van der Waals surface area contributed by atoms with E-state index in [1.54, 1.807) is 0 Å². The zero-order valence-corrected chi connectivity index (χ0v) is 21.2. The van der Waals surface area contributed by atoms with Gasteiger partial charge in [-0.2, -0.15) is 22.0 Å². The predicted octanol–water partition coefficient (Wildman–Crippen LogP) is 5.51. The van der Waals surface area contributed by atoms with Gasteiger partial charge in [-0.25, -0.2) is 17.1 Å². The lowest BCUT2D eigenvalue weighted by molar-refractivity contribution is -0.137. The van der Waals surface area contributed by atoms with Crippen molar-refractivity contribution in [3.05, 3.63) is 77.6 Å². The summed E-state index contributed by atoms with van der Waals surface area (Å²) >= 11 is 0. The zero-order valence-electron chi connectivity index (χ0n) is 20.4. The van der Waals surface area contributed by atoms with Gasteiger partial charge in [0.2, 0.25) is 0 Å². The van der Waals surface area contributed by atoms with Gasteiger partial charge in [-0.05, 0) is 60.0 Å². The number of sulfonamides is 1. The number of hydrogen-bond acceptors (Lipinski definition) is 5. The summed E-state index contributed by atoms with van der Waals surface area (Å²) in [6.07, 6.45) is -4.50. The first-order valence-corrected chi connectivity index (χ1v) is 13.3. The Kier molecular flexibility index (Phi) is 7.17. The highest BCUT2D eigenvalue weighted by atomic mass is 32.2. The van der Waals surface area contributed by atoms with E-state index in [9.17, 15) is 39.6 Å². The molecule has 0 spiro atoms. The van der Waals surface area contributed by atoms with Crippen molar-refractivity contribution in [3.8, 4) is 16.9 Å². The molecule has 1 atom stereocenters. The molecule has 1 unspecified atom stereocenters. The van der Waals surface area contributed by atoms with Crippen molar-refractivity contribution in [2.45, 2.75) is 30.2 Å². The molecule has 3 aromatic rings. The lowest BCUT2D eigenvalue weighted by Gasteiger charge is -2.40. The van der Waals surface area contributed by atoms with Gasteiger partial charge in [0.25, 0.3) is 15.9 Å². The maximum absolute atomic E-state index is 14.2. The number of halogens is 6. The van der Waals surface area contributed by atoms with E-state index in [2.05, 4.69) is 4.74 Å². The smallest absolute Gasteiger partial charge is 0.416 e. The Hall–Kier alpha value is -3.78. The molecule has 1 amide bonds. The summed E-state index contributed by atoms with van der Waals surface area (Å²) in [6, 6.07) is 9.92. The summed E-state index contributed by atoms with van der Waals surface area (Å²) in [5.74, 6) is -1.95. The van der Waals surface area contributed by atoms with Crippen LogP contribution in [0.1, 0.15) is 22.3 Å². The van der Waals surface area contributed by atoms with Crippen molar-refractivity contribution in [2.24, 2.45) is 0 Å². The molecule has 1 fully saturated rings. The monoisotopic (exact) mass is 586 g/mol. The fourth-order valence-corrected chi connectivity index (χ4v) is 5.93. The van der Waals surface area contributed by atoms with Gasteiger partial charge in [-0.3, -0.25) is 4.79 Å². The lowest BCUT2D eigenvalue weighted by atomic mass is 10.00. The van der Waals surface area contributed by atoms with Gasteiger partial charge in [0.1, 0.15) is 18.2 Å². The Morgan fingerprint density at radius 1 is 1.02 bits per heavy atom. The number of nitrogens with zero attached hydrogens (tertiary/aromatic N) is 2. The minimum absolute atomic E-state index is 0.0348. The Balaban J connectivity index is 1.62. The van der Waals surface area contributed by atoms with Crippen LogP contribution in [-0.2, 0) is 20.9 Å². The lowest BCUT2D eigenvalue weighted by Crippen LogP contribution is -2.52. The molecule has 0 saturated carbocycles. The van der Waals surface area contributed by atoms with Gasteiger partial charge in [0, 0.05) is 19.2 Å². The van der Waals surface area contributed by atoms with Crippen LogP contribution in [0.4, 0.5) is 32.0 Å². The Morgan fingerprint density at radius 2 is 1.77 bits per heavy atom. The van der Waals surface area contributed by atoms with Crippen LogP contribution in [0.3, 0.4) is 0 Å². The van der Waals surface area contributed by atoms with Gasteiger partial charge in [0.05, 0.1) is 27.8 Å². The number of rotatable bonds is 7. The van der Waals surface area contributed by atoms with Gasteiger partial charge in [-0.1, -0.05) is 12.1 Å². The van der Waals surface area contributed by atoms with E-state index in [4.69, 9.17) is 4.74 Å². The number of fused-ring (bicyclic) bond motifs is 1. The maximum Gasteiger partial charge on any atom is 0.416 e. The van der Waals surface area contributed by atoms with E-state index in [1.165, 1.54) is 23.1 Å². The number of carbonyl (C=O) groups excluding carboxylic acids is 1. The highest BCUT2D eigenvalue weighted by Gasteiger charge is 2.39. The number of alkyl halides is 5. The van der Waals surface area contributed by atoms with Crippen LogP contribution in [0.5, 0.6) is 5.75 Å². The van der Waals surface area contributed by atoms with Crippen molar-refractivity contribution in [1.29, 1.82) is 0 Å². The van der Waals surface area contributed by atoms with Crippen molar-refractivity contribution in [3.63, 3.8) is 0 Å². The number of amides is 1. The summed E-state index contributed by atoms with van der Waals surface area (Å²) < 4.78 is 118. The number of benzene rings is 3. The third kappa shape index (κ3) is 5.45. The SMILES string of the molecule is O=C1c2ccc(-c3cc(F)cc(OC(F)F)c3)cc2N(S(=O)(=O)c2cccc(C(F)(F)F)c2)CN1CC1CCO1. The fraction of sp³-hybridized carbons (Fsp3) is 0.269. The normalized spacial score (nSPS) is 17.6. The average molecular weight is 587 g/mol. The first-order chi connectivity index (χ1) is 18.8. The molecule has 14 heteroatoms. The van der Waals surface area contributed by atoms with Gasteiger partial charge < -0.3 is 14.4 Å². The van der Waals surface area contributed by atoms with Gasteiger partial charge in [0.15, 0.2) is 0 Å². The molecule has 2 aliphatic rings. The first-order valence-electron chi connectivity index (χ1n) is 11.8. The predicted molar refractivity (Wildman–Crippen MR) is 130 cm³/mol. The summed E-state index contributed by atoms with van der Waals surface area (Å²) in [5.41, 5.74) is -1.25. The quantitative estimate of drug-likeness (QED) is 0.342. The summed E-state index contributed by atoms with van der Waals surface area (Å²) in [5, 5.41) is 0. The molecule has 0 aliphatic carbocycles. The second-order valence-electron chi connectivity index (χ2n) is 9.12. The number of carbonyl (C=O) groups is 1. The van der Waals surface area contributed by atoms with E-state index < -0.39 is 57.4 Å². The molecular formula is C26H20F6N2O5S. The maximum atomic E-state index is 14.2.